The van der Waals surface area contributed by atoms with E-state index >= 15 is 0 Å². The van der Waals surface area contributed by atoms with E-state index < -0.39 is 11.9 Å². The SMILES string of the molecule is CCOc1ccc2[nH]c(C(=O)NN=Cc3ccc(OC(=O)c4ccccc4)c(OC)c3)c(-c3ccccc3Cl)c2c1. The number of carbonyl (C=O) groups is 2. The lowest BCUT2D eigenvalue weighted by Gasteiger charge is -2.10. The number of nitrogens with one attached hydrogen (secondary N) is 2. The lowest BCUT2D eigenvalue weighted by Crippen LogP contribution is -2.19. The molecule has 41 heavy (non-hydrogen) atoms. The van der Waals surface area contributed by atoms with Gasteiger partial charge in [-0.2, -0.15) is 5.10 Å². The van der Waals surface area contributed by atoms with Gasteiger partial charge in [-0.1, -0.05) is 48.0 Å². The van der Waals surface area contributed by atoms with Crippen LogP contribution >= 0.6 is 11.6 Å². The zero-order chi connectivity index (χ0) is 28.8. The first-order chi connectivity index (χ1) is 20.0. The third-order valence-corrected chi connectivity index (χ3v) is 6.56. The van der Waals surface area contributed by atoms with Gasteiger partial charge in [-0.25, -0.2) is 10.2 Å². The van der Waals surface area contributed by atoms with Crippen LogP contribution in [0.1, 0.15) is 33.3 Å². The van der Waals surface area contributed by atoms with Crippen LogP contribution in [-0.4, -0.2) is 36.8 Å². The number of halogens is 1. The number of aromatic amines is 1. The molecule has 1 aromatic heterocycles. The maximum absolute atomic E-state index is 13.3. The van der Waals surface area contributed by atoms with Crippen molar-refractivity contribution in [3.8, 4) is 28.4 Å². The summed E-state index contributed by atoms with van der Waals surface area (Å²) < 4.78 is 16.6. The Bertz CT molecular complexity index is 1750. The van der Waals surface area contributed by atoms with Crippen LogP contribution in [-0.2, 0) is 0 Å². The van der Waals surface area contributed by atoms with E-state index in [4.69, 9.17) is 25.8 Å². The highest BCUT2D eigenvalue weighted by atomic mass is 35.5. The second-order valence-corrected chi connectivity index (χ2v) is 9.27. The quantitative estimate of drug-likeness (QED) is 0.0875. The molecular formula is C32H26ClN3O5. The largest absolute Gasteiger partial charge is 0.494 e. The second-order valence-electron chi connectivity index (χ2n) is 8.86. The molecule has 2 N–H and O–H groups in total. The number of rotatable bonds is 9. The highest BCUT2D eigenvalue weighted by Crippen LogP contribution is 2.38. The highest BCUT2D eigenvalue weighted by molar-refractivity contribution is 6.34. The summed E-state index contributed by atoms with van der Waals surface area (Å²) in [5.41, 5.74) is 6.03. The third kappa shape index (κ3) is 6.08. The molecule has 0 fully saturated rings. The number of aromatic nitrogens is 1. The van der Waals surface area contributed by atoms with Crippen molar-refractivity contribution in [2.45, 2.75) is 6.92 Å². The first kappa shape index (κ1) is 27.5. The molecule has 0 radical (unpaired) electrons. The molecule has 1 amide bonds. The molecule has 8 nitrogen and oxygen atoms in total. The Morgan fingerprint density at radius 2 is 1.73 bits per heavy atom. The number of benzene rings is 4. The summed E-state index contributed by atoms with van der Waals surface area (Å²) >= 11 is 6.54. The van der Waals surface area contributed by atoms with Crippen molar-refractivity contribution in [1.29, 1.82) is 0 Å². The van der Waals surface area contributed by atoms with Crippen LogP contribution in [0.25, 0.3) is 22.0 Å². The van der Waals surface area contributed by atoms with Gasteiger partial charge in [0.25, 0.3) is 5.91 Å². The van der Waals surface area contributed by atoms with Crippen LogP contribution in [0, 0.1) is 0 Å². The van der Waals surface area contributed by atoms with Crippen LogP contribution in [0.5, 0.6) is 17.2 Å². The third-order valence-electron chi connectivity index (χ3n) is 6.23. The number of carbonyl (C=O) groups excluding carboxylic acids is 2. The van der Waals surface area contributed by atoms with Gasteiger partial charge in [-0.15, -0.1) is 0 Å². The predicted molar refractivity (Wildman–Crippen MR) is 159 cm³/mol. The Balaban J connectivity index is 1.38. The topological polar surface area (TPSA) is 102 Å². The number of fused-ring (bicyclic) bond motifs is 1. The van der Waals surface area contributed by atoms with Crippen molar-refractivity contribution < 1.29 is 23.8 Å². The fraction of sp³-hybridized carbons (Fsp3) is 0.0938. The molecule has 0 atom stereocenters. The summed E-state index contributed by atoms with van der Waals surface area (Å²) in [4.78, 5) is 29.0. The minimum absolute atomic E-state index is 0.261. The van der Waals surface area contributed by atoms with Crippen molar-refractivity contribution >= 4 is 40.6 Å². The molecule has 9 heteroatoms. The minimum atomic E-state index is -0.501. The number of hydrogen-bond acceptors (Lipinski definition) is 6. The zero-order valence-corrected chi connectivity index (χ0v) is 23.1. The summed E-state index contributed by atoms with van der Waals surface area (Å²) in [7, 11) is 1.47. The number of methoxy groups -OCH3 is 1. The van der Waals surface area contributed by atoms with E-state index in [9.17, 15) is 9.59 Å². The lowest BCUT2D eigenvalue weighted by molar-refractivity contribution is 0.0729. The molecule has 0 unspecified atom stereocenters. The second kappa shape index (κ2) is 12.4. The molecule has 0 aliphatic heterocycles. The van der Waals surface area contributed by atoms with Crippen molar-refractivity contribution in [2.24, 2.45) is 5.10 Å². The van der Waals surface area contributed by atoms with Crippen molar-refractivity contribution in [2.75, 3.05) is 13.7 Å². The maximum Gasteiger partial charge on any atom is 0.343 e. The molecule has 4 aromatic carbocycles. The van der Waals surface area contributed by atoms with Gasteiger partial charge >= 0.3 is 5.97 Å². The monoisotopic (exact) mass is 567 g/mol. The number of nitrogens with zero attached hydrogens (tertiary/aromatic N) is 1. The van der Waals surface area contributed by atoms with Crippen molar-refractivity contribution in [3.63, 3.8) is 0 Å². The van der Waals surface area contributed by atoms with Gasteiger partial charge in [0.05, 0.1) is 25.5 Å². The number of hydrogen-bond donors (Lipinski definition) is 2. The molecule has 0 bridgehead atoms. The van der Waals surface area contributed by atoms with Gasteiger partial charge in [0, 0.05) is 27.1 Å². The van der Waals surface area contributed by atoms with Gasteiger partial charge in [0.2, 0.25) is 0 Å². The average Bonchev–Trinajstić information content (AvgIpc) is 3.37. The molecular weight excluding hydrogens is 542 g/mol. The van der Waals surface area contributed by atoms with E-state index in [0.29, 0.717) is 51.1 Å². The number of amides is 1. The highest BCUT2D eigenvalue weighted by Gasteiger charge is 2.21. The van der Waals surface area contributed by atoms with E-state index in [1.807, 2.05) is 49.4 Å². The first-order valence-electron chi connectivity index (χ1n) is 12.8. The molecule has 1 heterocycles. The summed E-state index contributed by atoms with van der Waals surface area (Å²) in [5.74, 6) is 0.330. The van der Waals surface area contributed by atoms with E-state index in [1.54, 1.807) is 48.5 Å². The van der Waals surface area contributed by atoms with Gasteiger partial charge in [-0.3, -0.25) is 4.79 Å². The molecule has 206 valence electrons. The lowest BCUT2D eigenvalue weighted by atomic mass is 10.0. The minimum Gasteiger partial charge on any atom is -0.494 e. The zero-order valence-electron chi connectivity index (χ0n) is 22.3. The summed E-state index contributed by atoms with van der Waals surface area (Å²) in [6.07, 6.45) is 1.47. The van der Waals surface area contributed by atoms with Crippen molar-refractivity contribution in [1.82, 2.24) is 10.4 Å². The van der Waals surface area contributed by atoms with Crippen LogP contribution in [0.15, 0.2) is 96.1 Å². The molecule has 0 aliphatic carbocycles. The van der Waals surface area contributed by atoms with Crippen LogP contribution in [0.3, 0.4) is 0 Å². The molecule has 0 saturated carbocycles. The average molecular weight is 568 g/mol. The van der Waals surface area contributed by atoms with Crippen LogP contribution in [0.4, 0.5) is 0 Å². The molecule has 0 saturated heterocycles. The summed E-state index contributed by atoms with van der Waals surface area (Å²) in [6.45, 7) is 2.42. The molecule has 0 aliphatic rings. The number of hydrazone groups is 1. The Morgan fingerprint density at radius 1 is 0.951 bits per heavy atom. The van der Waals surface area contributed by atoms with Gasteiger partial charge < -0.3 is 19.2 Å². The van der Waals surface area contributed by atoms with E-state index in [0.717, 1.165) is 10.9 Å². The Morgan fingerprint density at radius 3 is 2.49 bits per heavy atom. The Labute approximate surface area is 241 Å². The maximum atomic E-state index is 13.3. The fourth-order valence-corrected chi connectivity index (χ4v) is 4.57. The van der Waals surface area contributed by atoms with Crippen molar-refractivity contribution in [3.05, 3.63) is 113 Å². The van der Waals surface area contributed by atoms with E-state index in [-0.39, 0.29) is 5.75 Å². The van der Waals surface area contributed by atoms with E-state index in [1.165, 1.54) is 13.3 Å². The number of esters is 1. The number of H-pyrrole nitrogens is 1. The van der Waals surface area contributed by atoms with E-state index in [2.05, 4.69) is 15.5 Å². The summed E-state index contributed by atoms with van der Waals surface area (Å²) in [5, 5.41) is 5.44. The fourth-order valence-electron chi connectivity index (χ4n) is 4.34. The Hall–Kier alpha value is -5.08. The predicted octanol–water partition coefficient (Wildman–Crippen LogP) is 6.88. The van der Waals surface area contributed by atoms with Gasteiger partial charge in [0.1, 0.15) is 11.4 Å². The molecule has 5 rings (SSSR count). The standard InChI is InChI=1S/C32H26ClN3O5/c1-3-40-22-14-15-26-24(18-22)29(23-11-7-8-12-25(23)33)30(35-26)31(37)36-34-19-20-13-16-27(28(17-20)39-2)41-32(38)21-9-5-4-6-10-21/h4-19,35H,3H2,1-2H3,(H,36,37). The molecule has 5 aromatic rings. The smallest absolute Gasteiger partial charge is 0.343 e. The van der Waals surface area contributed by atoms with Crippen LogP contribution < -0.4 is 19.6 Å². The van der Waals surface area contributed by atoms with Gasteiger partial charge in [0.15, 0.2) is 11.5 Å². The van der Waals surface area contributed by atoms with Crippen LogP contribution in [0.2, 0.25) is 5.02 Å². The molecule has 0 spiro atoms. The van der Waals surface area contributed by atoms with Gasteiger partial charge in [-0.05, 0) is 67.1 Å². The summed E-state index contributed by atoms with van der Waals surface area (Å²) in [6, 6.07) is 26.5. The first-order valence-corrected chi connectivity index (χ1v) is 13.2. The Kier molecular flexibility index (Phi) is 8.31. The number of ether oxygens (including phenoxy) is 3. The normalized spacial score (nSPS) is 11.0.